The van der Waals surface area contributed by atoms with E-state index in [-0.39, 0.29) is 31.2 Å². The maximum atomic E-state index is 12.0. The van der Waals surface area contributed by atoms with Gasteiger partial charge in [-0.05, 0) is 25.6 Å². The lowest BCUT2D eigenvalue weighted by Gasteiger charge is -2.06. The van der Waals surface area contributed by atoms with Gasteiger partial charge in [0.15, 0.2) is 0 Å². The molecule has 0 unspecified atom stereocenters. The molecule has 0 saturated carbocycles. The van der Waals surface area contributed by atoms with E-state index in [9.17, 15) is 14.5 Å². The molecule has 21 heavy (non-hydrogen) atoms. The van der Waals surface area contributed by atoms with E-state index in [1.807, 2.05) is 0 Å². The number of amides is 1. The van der Waals surface area contributed by atoms with Gasteiger partial charge in [0.2, 0.25) is 12.5 Å². The zero-order valence-electron chi connectivity index (χ0n) is 12.3. The number of nitrogens with two attached hydrogens (primary N) is 1. The first-order valence-electron chi connectivity index (χ1n) is 6.69. The molecule has 0 bridgehead atoms. The van der Waals surface area contributed by atoms with Crippen molar-refractivity contribution in [3.8, 4) is 0 Å². The molecule has 1 aromatic carbocycles. The molecule has 1 aromatic rings. The molecule has 0 aromatic heterocycles. The van der Waals surface area contributed by atoms with Crippen LogP contribution in [0.1, 0.15) is 12.5 Å². The minimum Gasteiger partial charge on any atom is -0.325 e. The zero-order valence-corrected chi connectivity index (χ0v) is 12.3. The summed E-state index contributed by atoms with van der Waals surface area (Å²) >= 11 is 0. The molecule has 7 nitrogen and oxygen atoms in total. The van der Waals surface area contributed by atoms with Crippen LogP contribution in [0.4, 0.5) is 11.4 Å². The van der Waals surface area contributed by atoms with Crippen molar-refractivity contribution >= 4 is 23.1 Å². The highest BCUT2D eigenvalue weighted by atomic mass is 16.3. The van der Waals surface area contributed by atoms with E-state index in [1.54, 1.807) is 25.2 Å². The van der Waals surface area contributed by atoms with Crippen molar-refractivity contribution in [2.75, 3.05) is 32.0 Å². The molecule has 4 N–H and O–H groups in total. The van der Waals surface area contributed by atoms with Gasteiger partial charge in [-0.1, -0.05) is 0 Å². The Hall–Kier alpha value is -2.12. The molecule has 0 aliphatic rings. The topological polar surface area (TPSA) is 104 Å². The van der Waals surface area contributed by atoms with Crippen LogP contribution in [-0.2, 0) is 16.0 Å². The van der Waals surface area contributed by atoms with Crippen molar-refractivity contribution in [2.24, 2.45) is 5.73 Å². The second-order valence-corrected chi connectivity index (χ2v) is 4.72. The highest BCUT2D eigenvalue weighted by Gasteiger charge is 2.16. The molecule has 1 rings (SSSR count). The first-order valence-corrected chi connectivity index (χ1v) is 6.69. The largest absolute Gasteiger partial charge is 0.325 e. The van der Waals surface area contributed by atoms with Crippen molar-refractivity contribution in [1.29, 1.82) is 0 Å². The second-order valence-electron chi connectivity index (χ2n) is 4.72. The van der Waals surface area contributed by atoms with Crippen LogP contribution in [0, 0.1) is 4.91 Å². The van der Waals surface area contributed by atoms with Crippen molar-refractivity contribution in [3.05, 3.63) is 28.7 Å². The molecule has 0 spiro atoms. The number of benzene rings is 1. The molecule has 0 fully saturated rings. The third kappa shape index (κ3) is 5.80. The fourth-order valence-electron chi connectivity index (χ4n) is 1.83. The number of hydrogen-bond donors (Lipinski definition) is 3. The van der Waals surface area contributed by atoms with E-state index in [4.69, 9.17) is 5.73 Å². The summed E-state index contributed by atoms with van der Waals surface area (Å²) in [5.41, 5.74) is 6.80. The van der Waals surface area contributed by atoms with Crippen molar-refractivity contribution < 1.29 is 14.3 Å². The van der Waals surface area contributed by atoms with Crippen molar-refractivity contribution in [3.63, 3.8) is 0 Å². The highest BCUT2D eigenvalue weighted by Crippen LogP contribution is 2.22. The maximum absolute atomic E-state index is 12.0. The Kier molecular flexibility index (Phi) is 6.64. The van der Waals surface area contributed by atoms with E-state index in [2.05, 4.69) is 10.6 Å². The van der Waals surface area contributed by atoms with E-state index in [0.29, 0.717) is 23.5 Å². The predicted molar refractivity (Wildman–Crippen MR) is 80.6 cm³/mol. The lowest BCUT2D eigenvalue weighted by Crippen LogP contribution is -2.22. The molecule has 0 aliphatic heterocycles. The van der Waals surface area contributed by atoms with Crippen LogP contribution in [0.2, 0.25) is 0 Å². The third-order valence-electron chi connectivity index (χ3n) is 2.75. The number of carbonyl (C=O) groups is 2. The van der Waals surface area contributed by atoms with Crippen LogP contribution in [0.3, 0.4) is 0 Å². The van der Waals surface area contributed by atoms with Crippen LogP contribution in [0.15, 0.2) is 18.2 Å². The molecule has 0 atom stereocenters. The summed E-state index contributed by atoms with van der Waals surface area (Å²) in [5, 5.41) is 5.49. The molecule has 0 radical (unpaired) electrons. The van der Waals surface area contributed by atoms with Gasteiger partial charge < -0.3 is 16.4 Å². The quantitative estimate of drug-likeness (QED) is 0.600. The summed E-state index contributed by atoms with van der Waals surface area (Å²) in [5.74, 6) is -0.371. The number of hydrogen-bond acceptors (Lipinski definition) is 5. The Morgan fingerprint density at radius 2 is 2.00 bits per heavy atom. The summed E-state index contributed by atoms with van der Waals surface area (Å²) in [6.45, 7) is 2.13. The molecule has 0 heterocycles. The number of nitrogens with one attached hydrogen (secondary N) is 2. The first-order chi connectivity index (χ1) is 9.96. The standard InChI is InChI=1S/C14H20N4O3/c1-10(19)5-11-6-12(17-14(20)9-15)8-13(7-11)18(21)4-3-16-2/h6-8,16H,3-5,9,15H2,1-2H3/p+1. The average molecular weight is 293 g/mol. The SMILES string of the molecule is CNCC[N+](=O)c1cc(CC(C)=O)cc(NC(=O)CN)c1. The Balaban J connectivity index is 3.04. The van der Waals surface area contributed by atoms with Crippen LogP contribution < -0.4 is 16.4 Å². The average Bonchev–Trinajstić information content (AvgIpc) is 2.43. The lowest BCUT2D eigenvalue weighted by atomic mass is 10.1. The monoisotopic (exact) mass is 293 g/mol. The predicted octanol–water partition coefficient (Wildman–Crippen LogP) is 0.345. The molecule has 114 valence electrons. The van der Waals surface area contributed by atoms with Gasteiger partial charge in [0.1, 0.15) is 5.78 Å². The van der Waals surface area contributed by atoms with Crippen LogP contribution in [0.25, 0.3) is 0 Å². The number of anilines is 1. The Morgan fingerprint density at radius 3 is 2.57 bits per heavy atom. The van der Waals surface area contributed by atoms with E-state index in [1.165, 1.54) is 6.92 Å². The molecule has 0 aliphatic carbocycles. The zero-order chi connectivity index (χ0) is 15.8. The number of nitrogens with zero attached hydrogens (tertiary/aromatic N) is 1. The summed E-state index contributed by atoms with van der Waals surface area (Å²) in [7, 11) is 1.76. The maximum Gasteiger partial charge on any atom is 0.258 e. The molecular weight excluding hydrogens is 272 g/mol. The number of carbonyl (C=O) groups excluding carboxylic acids is 2. The minimum absolute atomic E-state index is 0.0177. The number of nitroso groups, excluding NO2 is 1. The van der Waals surface area contributed by atoms with Gasteiger partial charge in [0.25, 0.3) is 5.69 Å². The van der Waals surface area contributed by atoms with E-state index in [0.717, 1.165) is 4.76 Å². The third-order valence-corrected chi connectivity index (χ3v) is 2.75. The summed E-state index contributed by atoms with van der Waals surface area (Å²) in [6, 6.07) is 4.90. The lowest BCUT2D eigenvalue weighted by molar-refractivity contribution is -0.460. The first kappa shape index (κ1) is 16.9. The highest BCUT2D eigenvalue weighted by molar-refractivity contribution is 5.92. The Morgan fingerprint density at radius 1 is 1.29 bits per heavy atom. The number of ketones is 1. The van der Waals surface area contributed by atoms with Crippen molar-refractivity contribution in [1.82, 2.24) is 5.32 Å². The van der Waals surface area contributed by atoms with Gasteiger partial charge in [-0.2, -0.15) is 0 Å². The Bertz CT molecular complexity index is 543. The summed E-state index contributed by atoms with van der Waals surface area (Å²) in [6.07, 6.45) is 0.208. The van der Waals surface area contributed by atoms with E-state index >= 15 is 0 Å². The second kappa shape index (κ2) is 8.23. The molecular formula is C14H21N4O3+. The normalized spacial score (nSPS) is 10.2. The summed E-state index contributed by atoms with van der Waals surface area (Å²) in [4.78, 5) is 34.6. The van der Waals surface area contributed by atoms with E-state index < -0.39 is 0 Å². The summed E-state index contributed by atoms with van der Waals surface area (Å²) < 4.78 is 0.818. The fourth-order valence-corrected chi connectivity index (χ4v) is 1.83. The van der Waals surface area contributed by atoms with Gasteiger partial charge in [0, 0.05) is 33.9 Å². The van der Waals surface area contributed by atoms with Gasteiger partial charge in [-0.15, -0.1) is 0 Å². The minimum atomic E-state index is -0.353. The van der Waals surface area contributed by atoms with Crippen LogP contribution in [0.5, 0.6) is 0 Å². The van der Waals surface area contributed by atoms with Gasteiger partial charge in [-0.25, -0.2) is 0 Å². The van der Waals surface area contributed by atoms with Crippen LogP contribution >= 0.6 is 0 Å². The Labute approximate surface area is 123 Å². The number of likely N-dealkylation sites (N-methyl/N-ethyl adjacent to an activating group) is 1. The van der Waals surface area contributed by atoms with Gasteiger partial charge >= 0.3 is 0 Å². The number of Topliss-reactive ketones (excluding diaryl/α,β-unsaturated/α-hetero) is 1. The molecule has 7 heteroatoms. The fraction of sp³-hybridized carbons (Fsp3) is 0.429. The number of rotatable bonds is 8. The van der Waals surface area contributed by atoms with Crippen LogP contribution in [-0.4, -0.2) is 43.1 Å². The molecule has 1 amide bonds. The molecule has 0 saturated heterocycles. The smallest absolute Gasteiger partial charge is 0.258 e. The van der Waals surface area contributed by atoms with Crippen molar-refractivity contribution in [2.45, 2.75) is 13.3 Å². The van der Waals surface area contributed by atoms with Gasteiger partial charge in [0.05, 0.1) is 13.1 Å². The van der Waals surface area contributed by atoms with Gasteiger partial charge in [-0.3, -0.25) is 9.59 Å².